The summed E-state index contributed by atoms with van der Waals surface area (Å²) < 4.78 is 0. The minimum absolute atomic E-state index is 0.116. The van der Waals surface area contributed by atoms with E-state index >= 15 is 0 Å². The number of hydrogen-bond donors (Lipinski definition) is 2. The van der Waals surface area contributed by atoms with E-state index < -0.39 is 16.4 Å². The van der Waals surface area contributed by atoms with Crippen molar-refractivity contribution < 1.29 is 14.8 Å². The highest BCUT2D eigenvalue weighted by Gasteiger charge is 2.31. The monoisotopic (exact) mass is 298 g/mol. The molecule has 1 aliphatic rings. The Morgan fingerprint density at radius 3 is 2.65 bits per heavy atom. The molecule has 0 bridgehead atoms. The Labute approximate surface area is 120 Å². The van der Waals surface area contributed by atoms with Gasteiger partial charge < -0.3 is 10.4 Å². The number of nitro benzene ring substituents is 1. The maximum absolute atomic E-state index is 12.0. The van der Waals surface area contributed by atoms with Crippen LogP contribution in [0.3, 0.4) is 0 Å². The molecule has 1 saturated carbocycles. The van der Waals surface area contributed by atoms with Gasteiger partial charge in [-0.2, -0.15) is 0 Å². The molecule has 6 nitrogen and oxygen atoms in total. The van der Waals surface area contributed by atoms with Gasteiger partial charge in [0, 0.05) is 29.3 Å². The fourth-order valence-electron chi connectivity index (χ4n) is 2.37. The fraction of sp³-hybridized carbons (Fsp3) is 0.462. The van der Waals surface area contributed by atoms with Gasteiger partial charge in [-0.3, -0.25) is 14.9 Å². The van der Waals surface area contributed by atoms with Crippen LogP contribution in [0.4, 0.5) is 5.69 Å². The van der Waals surface area contributed by atoms with Crippen molar-refractivity contribution in [2.75, 3.05) is 6.54 Å². The molecule has 108 valence electrons. The number of carbonyl (C=O) groups is 1. The molecule has 0 saturated heterocycles. The third kappa shape index (κ3) is 3.46. The highest BCUT2D eigenvalue weighted by molar-refractivity contribution is 6.31. The number of amides is 1. The van der Waals surface area contributed by atoms with Crippen LogP contribution in [-0.4, -0.2) is 28.1 Å². The standard InChI is InChI=1S/C13H15ClN2O4/c14-10-5-9(6-11(7-10)16(19)20)12(17)15-8-13(18)3-1-2-4-13/h5-7,18H,1-4,8H2,(H,15,17). The summed E-state index contributed by atoms with van der Waals surface area (Å²) in [6, 6.07) is 3.71. The molecule has 1 amide bonds. The molecule has 0 unspecified atom stereocenters. The minimum Gasteiger partial charge on any atom is -0.388 e. The maximum Gasteiger partial charge on any atom is 0.271 e. The highest BCUT2D eigenvalue weighted by atomic mass is 35.5. The van der Waals surface area contributed by atoms with Gasteiger partial charge >= 0.3 is 0 Å². The lowest BCUT2D eigenvalue weighted by molar-refractivity contribution is -0.384. The second-order valence-corrected chi connectivity index (χ2v) is 5.51. The van der Waals surface area contributed by atoms with Crippen molar-refractivity contribution in [3.05, 3.63) is 38.9 Å². The first-order valence-electron chi connectivity index (χ1n) is 6.35. The van der Waals surface area contributed by atoms with Crippen LogP contribution in [0.1, 0.15) is 36.0 Å². The lowest BCUT2D eigenvalue weighted by Gasteiger charge is -2.22. The molecule has 1 aromatic rings. The lowest BCUT2D eigenvalue weighted by Crippen LogP contribution is -2.40. The number of halogens is 1. The molecule has 0 radical (unpaired) electrons. The summed E-state index contributed by atoms with van der Waals surface area (Å²) in [5.74, 6) is -0.476. The first-order valence-corrected chi connectivity index (χ1v) is 6.73. The summed E-state index contributed by atoms with van der Waals surface area (Å²) in [4.78, 5) is 22.1. The molecule has 2 rings (SSSR count). The smallest absolute Gasteiger partial charge is 0.271 e. The topological polar surface area (TPSA) is 92.5 Å². The molecular weight excluding hydrogens is 284 g/mol. The quantitative estimate of drug-likeness (QED) is 0.659. The molecule has 0 spiro atoms. The minimum atomic E-state index is -0.861. The van der Waals surface area contributed by atoms with E-state index in [0.717, 1.165) is 12.8 Å². The molecule has 0 aromatic heterocycles. The van der Waals surface area contributed by atoms with Crippen molar-refractivity contribution in [2.45, 2.75) is 31.3 Å². The first-order chi connectivity index (χ1) is 9.39. The van der Waals surface area contributed by atoms with Gasteiger partial charge in [0.25, 0.3) is 11.6 Å². The molecule has 0 aliphatic heterocycles. The summed E-state index contributed by atoms with van der Waals surface area (Å²) in [5.41, 5.74) is -0.979. The van der Waals surface area contributed by atoms with E-state index in [0.29, 0.717) is 12.8 Å². The Kier molecular flexibility index (Phi) is 4.25. The third-order valence-electron chi connectivity index (χ3n) is 3.47. The molecule has 0 atom stereocenters. The van der Waals surface area contributed by atoms with Crippen LogP contribution in [0.15, 0.2) is 18.2 Å². The molecule has 2 N–H and O–H groups in total. The highest BCUT2D eigenvalue weighted by Crippen LogP contribution is 2.28. The molecule has 7 heteroatoms. The molecule has 1 aliphatic carbocycles. The Balaban J connectivity index is 2.07. The van der Waals surface area contributed by atoms with Crippen LogP contribution < -0.4 is 5.32 Å². The number of nitrogens with zero attached hydrogens (tertiary/aromatic N) is 1. The Bertz CT molecular complexity index is 541. The molecule has 20 heavy (non-hydrogen) atoms. The second kappa shape index (κ2) is 5.76. The van der Waals surface area contributed by atoms with Crippen LogP contribution in [-0.2, 0) is 0 Å². The van der Waals surface area contributed by atoms with Crippen LogP contribution in [0, 0.1) is 10.1 Å². The number of nitrogens with one attached hydrogen (secondary N) is 1. The molecule has 0 heterocycles. The van der Waals surface area contributed by atoms with Crippen LogP contribution in [0.5, 0.6) is 0 Å². The van der Waals surface area contributed by atoms with E-state index in [9.17, 15) is 20.0 Å². The average molecular weight is 299 g/mol. The molecular formula is C13H15ClN2O4. The average Bonchev–Trinajstić information content (AvgIpc) is 2.82. The SMILES string of the molecule is O=C(NCC1(O)CCCC1)c1cc(Cl)cc([N+](=O)[O-])c1. The van der Waals surface area contributed by atoms with Crippen molar-refractivity contribution in [3.8, 4) is 0 Å². The van der Waals surface area contributed by atoms with Gasteiger partial charge in [0.1, 0.15) is 0 Å². The first kappa shape index (κ1) is 14.7. The number of aliphatic hydroxyl groups is 1. The summed E-state index contributed by atoms with van der Waals surface area (Å²) >= 11 is 5.76. The predicted octanol–water partition coefficient (Wildman–Crippen LogP) is 2.28. The Hall–Kier alpha value is -1.66. The number of carbonyl (C=O) groups excluding carboxylic acids is 1. The number of nitro groups is 1. The van der Waals surface area contributed by atoms with Gasteiger partial charge in [-0.15, -0.1) is 0 Å². The summed E-state index contributed by atoms with van der Waals surface area (Å²) in [6.07, 6.45) is 3.19. The zero-order valence-corrected chi connectivity index (χ0v) is 11.5. The van der Waals surface area contributed by atoms with E-state index in [-0.39, 0.29) is 22.8 Å². The Morgan fingerprint density at radius 1 is 1.40 bits per heavy atom. The predicted molar refractivity (Wildman–Crippen MR) is 73.9 cm³/mol. The van der Waals surface area contributed by atoms with Crippen LogP contribution >= 0.6 is 11.6 Å². The summed E-state index contributed by atoms with van der Waals surface area (Å²) in [6.45, 7) is 0.145. The number of benzene rings is 1. The number of hydrogen-bond acceptors (Lipinski definition) is 4. The second-order valence-electron chi connectivity index (χ2n) is 5.07. The number of non-ortho nitro benzene ring substituents is 1. The largest absolute Gasteiger partial charge is 0.388 e. The Morgan fingerprint density at radius 2 is 2.05 bits per heavy atom. The molecule has 1 fully saturated rings. The van der Waals surface area contributed by atoms with Gasteiger partial charge in [-0.25, -0.2) is 0 Å². The third-order valence-corrected chi connectivity index (χ3v) is 3.69. The number of rotatable bonds is 4. The van der Waals surface area contributed by atoms with Crippen molar-refractivity contribution in [1.82, 2.24) is 5.32 Å². The van der Waals surface area contributed by atoms with E-state index in [2.05, 4.69) is 5.32 Å². The summed E-state index contributed by atoms with van der Waals surface area (Å²) in [7, 11) is 0. The normalized spacial score (nSPS) is 16.9. The summed E-state index contributed by atoms with van der Waals surface area (Å²) in [5, 5.41) is 23.6. The zero-order valence-electron chi connectivity index (χ0n) is 10.8. The lowest BCUT2D eigenvalue weighted by atomic mass is 10.0. The van der Waals surface area contributed by atoms with E-state index in [1.807, 2.05) is 0 Å². The van der Waals surface area contributed by atoms with Gasteiger partial charge in [-0.05, 0) is 18.9 Å². The maximum atomic E-state index is 12.0. The van der Waals surface area contributed by atoms with Crippen molar-refractivity contribution in [2.24, 2.45) is 0 Å². The zero-order chi connectivity index (χ0) is 14.8. The van der Waals surface area contributed by atoms with E-state index in [4.69, 9.17) is 11.6 Å². The van der Waals surface area contributed by atoms with E-state index in [1.54, 1.807) is 0 Å². The fourth-order valence-corrected chi connectivity index (χ4v) is 2.60. The van der Waals surface area contributed by atoms with Gasteiger partial charge in [0.05, 0.1) is 10.5 Å². The van der Waals surface area contributed by atoms with Crippen LogP contribution in [0.25, 0.3) is 0 Å². The van der Waals surface area contributed by atoms with E-state index in [1.165, 1.54) is 18.2 Å². The van der Waals surface area contributed by atoms with Gasteiger partial charge in [0.2, 0.25) is 0 Å². The van der Waals surface area contributed by atoms with Crippen molar-refractivity contribution >= 4 is 23.2 Å². The van der Waals surface area contributed by atoms with Gasteiger partial charge in [-0.1, -0.05) is 24.4 Å². The van der Waals surface area contributed by atoms with Gasteiger partial charge in [0.15, 0.2) is 0 Å². The molecule has 1 aromatic carbocycles. The van der Waals surface area contributed by atoms with Crippen molar-refractivity contribution in [1.29, 1.82) is 0 Å². The van der Waals surface area contributed by atoms with Crippen LogP contribution in [0.2, 0.25) is 5.02 Å². The van der Waals surface area contributed by atoms with Crippen molar-refractivity contribution in [3.63, 3.8) is 0 Å².